The largest absolute Gasteiger partial charge is 0.330 e. The fourth-order valence-corrected chi connectivity index (χ4v) is 3.71. The van der Waals surface area contributed by atoms with E-state index in [1.165, 1.54) is 44.2 Å². The molecule has 1 aromatic heterocycles. The zero-order valence-electron chi connectivity index (χ0n) is 11.2. The molecule has 1 aliphatic rings. The van der Waals surface area contributed by atoms with Crippen LogP contribution in [0.2, 0.25) is 0 Å². The van der Waals surface area contributed by atoms with Crippen molar-refractivity contribution in [3.63, 3.8) is 0 Å². The number of aromatic amines is 1. The lowest BCUT2D eigenvalue weighted by Crippen LogP contribution is -2.19. The second-order valence-corrected chi connectivity index (χ2v) is 5.99. The van der Waals surface area contributed by atoms with Crippen LogP contribution in [0.4, 0.5) is 4.39 Å². The van der Waals surface area contributed by atoms with E-state index in [9.17, 15) is 4.39 Å². The summed E-state index contributed by atoms with van der Waals surface area (Å²) in [6.45, 7) is 2.24. The van der Waals surface area contributed by atoms with Crippen molar-refractivity contribution in [1.29, 1.82) is 0 Å². The Hall–Kier alpha value is -1.16. The van der Waals surface area contributed by atoms with Gasteiger partial charge in [-0.2, -0.15) is 0 Å². The predicted molar refractivity (Wildman–Crippen MR) is 78.4 cm³/mol. The number of imidazole rings is 1. The van der Waals surface area contributed by atoms with Gasteiger partial charge in [-0.15, -0.1) is 0 Å². The first kappa shape index (κ1) is 12.9. The molecule has 0 radical (unpaired) electrons. The van der Waals surface area contributed by atoms with E-state index in [1.54, 1.807) is 0 Å². The van der Waals surface area contributed by atoms with Gasteiger partial charge in [-0.3, -0.25) is 0 Å². The standard InChI is InChI=1S/C15H19FN2S/c1-10(11-5-3-2-4-6-11)18-14-8-7-12(16)9-13(14)17-15(18)19/h7-11H,2-6H2,1H3,(H,17,19). The predicted octanol–water partition coefficient (Wildman–Crippen LogP) is 4.98. The second-order valence-electron chi connectivity index (χ2n) is 5.60. The number of aromatic nitrogens is 2. The molecule has 3 rings (SSSR count). The number of rotatable bonds is 2. The molecule has 1 unspecified atom stereocenters. The Morgan fingerprint density at radius 2 is 2.05 bits per heavy atom. The smallest absolute Gasteiger partial charge is 0.178 e. The lowest BCUT2D eigenvalue weighted by Gasteiger charge is -2.29. The molecule has 1 saturated carbocycles. The lowest BCUT2D eigenvalue weighted by molar-refractivity contribution is 0.266. The third-order valence-electron chi connectivity index (χ3n) is 4.42. The molecule has 19 heavy (non-hydrogen) atoms. The number of nitrogens with zero attached hydrogens (tertiary/aromatic N) is 1. The third-order valence-corrected chi connectivity index (χ3v) is 4.72. The van der Waals surface area contributed by atoms with Crippen molar-refractivity contribution >= 4 is 23.3 Å². The van der Waals surface area contributed by atoms with Crippen LogP contribution in [-0.4, -0.2) is 9.55 Å². The van der Waals surface area contributed by atoms with Gasteiger partial charge in [0.25, 0.3) is 0 Å². The van der Waals surface area contributed by atoms with Gasteiger partial charge in [0, 0.05) is 6.04 Å². The number of halogens is 1. The molecule has 102 valence electrons. The number of benzene rings is 1. The summed E-state index contributed by atoms with van der Waals surface area (Å²) >= 11 is 5.43. The fourth-order valence-electron chi connectivity index (χ4n) is 3.34. The van der Waals surface area contributed by atoms with E-state index in [0.29, 0.717) is 16.7 Å². The first-order chi connectivity index (χ1) is 9.16. The van der Waals surface area contributed by atoms with E-state index in [2.05, 4.69) is 16.5 Å². The number of nitrogens with one attached hydrogen (secondary N) is 1. The van der Waals surface area contributed by atoms with E-state index in [4.69, 9.17) is 12.2 Å². The summed E-state index contributed by atoms with van der Waals surface area (Å²) in [6, 6.07) is 5.24. The highest BCUT2D eigenvalue weighted by Gasteiger charge is 2.23. The Morgan fingerprint density at radius 3 is 2.79 bits per heavy atom. The topological polar surface area (TPSA) is 20.7 Å². The van der Waals surface area contributed by atoms with E-state index in [-0.39, 0.29) is 5.82 Å². The van der Waals surface area contributed by atoms with Crippen LogP contribution in [0.1, 0.15) is 45.1 Å². The molecule has 0 spiro atoms. The SMILES string of the molecule is CC(C1CCCCC1)n1c(=S)[nH]c2cc(F)ccc21. The van der Waals surface area contributed by atoms with Gasteiger partial charge in [0.1, 0.15) is 5.82 Å². The zero-order chi connectivity index (χ0) is 13.4. The van der Waals surface area contributed by atoms with E-state index >= 15 is 0 Å². The summed E-state index contributed by atoms with van der Waals surface area (Å²) in [5.41, 5.74) is 1.82. The summed E-state index contributed by atoms with van der Waals surface area (Å²) in [5.74, 6) is 0.464. The van der Waals surface area contributed by atoms with Gasteiger partial charge in [-0.05, 0) is 56.1 Å². The molecule has 1 aliphatic carbocycles. The highest BCUT2D eigenvalue weighted by molar-refractivity contribution is 7.71. The Labute approximate surface area is 117 Å². The molecule has 0 amide bonds. The van der Waals surface area contributed by atoms with Gasteiger partial charge in [0.05, 0.1) is 11.0 Å². The van der Waals surface area contributed by atoms with Gasteiger partial charge >= 0.3 is 0 Å². The highest BCUT2D eigenvalue weighted by atomic mass is 32.1. The van der Waals surface area contributed by atoms with Crippen LogP contribution >= 0.6 is 12.2 Å². The Balaban J connectivity index is 2.03. The van der Waals surface area contributed by atoms with Crippen molar-refractivity contribution in [2.45, 2.75) is 45.1 Å². The monoisotopic (exact) mass is 278 g/mol. The molecule has 1 atom stereocenters. The molecule has 1 heterocycles. The molecule has 2 nitrogen and oxygen atoms in total. The summed E-state index contributed by atoms with van der Waals surface area (Å²) in [7, 11) is 0. The maximum absolute atomic E-state index is 13.3. The molecular weight excluding hydrogens is 259 g/mol. The summed E-state index contributed by atoms with van der Waals surface area (Å²) < 4.78 is 16.1. The van der Waals surface area contributed by atoms with Crippen molar-refractivity contribution in [1.82, 2.24) is 9.55 Å². The first-order valence-corrected chi connectivity index (χ1v) is 7.47. The quantitative estimate of drug-likeness (QED) is 0.768. The van der Waals surface area contributed by atoms with Crippen LogP contribution in [0.3, 0.4) is 0 Å². The van der Waals surface area contributed by atoms with Gasteiger partial charge in [0.2, 0.25) is 0 Å². The average Bonchev–Trinajstić information content (AvgIpc) is 2.74. The van der Waals surface area contributed by atoms with Crippen LogP contribution in [0, 0.1) is 16.5 Å². The van der Waals surface area contributed by atoms with Crippen LogP contribution in [-0.2, 0) is 0 Å². The number of hydrogen-bond donors (Lipinski definition) is 1. The fraction of sp³-hybridized carbons (Fsp3) is 0.533. The normalized spacial score (nSPS) is 18.8. The van der Waals surface area contributed by atoms with Crippen LogP contribution < -0.4 is 0 Å². The molecule has 4 heteroatoms. The lowest BCUT2D eigenvalue weighted by atomic mass is 9.84. The van der Waals surface area contributed by atoms with E-state index in [1.807, 2.05) is 6.07 Å². The second kappa shape index (κ2) is 5.08. The van der Waals surface area contributed by atoms with Gasteiger partial charge < -0.3 is 9.55 Å². The number of hydrogen-bond acceptors (Lipinski definition) is 1. The van der Waals surface area contributed by atoms with Crippen LogP contribution in [0.5, 0.6) is 0 Å². The van der Waals surface area contributed by atoms with Gasteiger partial charge in [0.15, 0.2) is 4.77 Å². The van der Waals surface area contributed by atoms with Crippen molar-refractivity contribution in [2.24, 2.45) is 5.92 Å². The maximum Gasteiger partial charge on any atom is 0.178 e. The Bertz CT molecular complexity index is 637. The Morgan fingerprint density at radius 1 is 1.32 bits per heavy atom. The van der Waals surface area contributed by atoms with Crippen LogP contribution in [0.25, 0.3) is 11.0 Å². The van der Waals surface area contributed by atoms with Gasteiger partial charge in [-0.1, -0.05) is 19.3 Å². The summed E-state index contributed by atoms with van der Waals surface area (Å²) in [5, 5.41) is 0. The van der Waals surface area contributed by atoms with Crippen molar-refractivity contribution in [3.05, 3.63) is 28.8 Å². The third kappa shape index (κ3) is 2.34. The molecule has 0 aliphatic heterocycles. The molecule has 1 aromatic carbocycles. The maximum atomic E-state index is 13.3. The Kier molecular flexibility index (Phi) is 3.44. The van der Waals surface area contributed by atoms with E-state index < -0.39 is 0 Å². The molecule has 0 saturated heterocycles. The average molecular weight is 278 g/mol. The first-order valence-electron chi connectivity index (χ1n) is 7.06. The minimum absolute atomic E-state index is 0.221. The minimum Gasteiger partial charge on any atom is -0.330 e. The minimum atomic E-state index is -0.221. The summed E-state index contributed by atoms with van der Waals surface area (Å²) in [4.78, 5) is 3.13. The van der Waals surface area contributed by atoms with Crippen molar-refractivity contribution in [2.75, 3.05) is 0 Å². The van der Waals surface area contributed by atoms with Gasteiger partial charge in [-0.25, -0.2) is 4.39 Å². The van der Waals surface area contributed by atoms with Crippen molar-refractivity contribution in [3.8, 4) is 0 Å². The molecular formula is C15H19FN2S. The summed E-state index contributed by atoms with van der Waals surface area (Å²) in [6.07, 6.45) is 6.54. The number of H-pyrrole nitrogens is 1. The van der Waals surface area contributed by atoms with Crippen LogP contribution in [0.15, 0.2) is 18.2 Å². The van der Waals surface area contributed by atoms with E-state index in [0.717, 1.165) is 11.0 Å². The molecule has 1 N–H and O–H groups in total. The number of fused-ring (bicyclic) bond motifs is 1. The molecule has 1 fully saturated rings. The zero-order valence-corrected chi connectivity index (χ0v) is 12.0. The van der Waals surface area contributed by atoms with Crippen molar-refractivity contribution < 1.29 is 4.39 Å². The molecule has 0 bridgehead atoms. The highest BCUT2D eigenvalue weighted by Crippen LogP contribution is 2.34. The molecule has 2 aromatic rings.